The van der Waals surface area contributed by atoms with Gasteiger partial charge in [0, 0.05) is 5.70 Å². The van der Waals surface area contributed by atoms with Gasteiger partial charge in [-0.25, -0.2) is 0 Å². The van der Waals surface area contributed by atoms with Gasteiger partial charge in [0.2, 0.25) is 0 Å². The first-order chi connectivity index (χ1) is 4.20. The van der Waals surface area contributed by atoms with Gasteiger partial charge < -0.3 is 5.73 Å². The van der Waals surface area contributed by atoms with Crippen LogP contribution >= 0.6 is 0 Å². The second-order valence-corrected chi connectivity index (χ2v) is 1.88. The summed E-state index contributed by atoms with van der Waals surface area (Å²) in [5, 5.41) is 0. The Hall–Kier alpha value is -0.980. The number of hydrogen-bond acceptors (Lipinski definition) is 1. The Balaban J connectivity index is 4.11. The van der Waals surface area contributed by atoms with Gasteiger partial charge in [0.1, 0.15) is 0 Å². The van der Waals surface area contributed by atoms with E-state index in [1.165, 1.54) is 0 Å². The van der Waals surface area contributed by atoms with Gasteiger partial charge in [-0.3, -0.25) is 0 Å². The molecule has 1 heteroatoms. The molecule has 0 spiro atoms. The van der Waals surface area contributed by atoms with Gasteiger partial charge in [0.05, 0.1) is 0 Å². The van der Waals surface area contributed by atoms with Gasteiger partial charge in [-0.1, -0.05) is 18.7 Å². The molecule has 0 heterocycles. The SMILES string of the molecule is C=C/C(C)=C\C(N)=C/C. The molecule has 0 radical (unpaired) electrons. The minimum Gasteiger partial charge on any atom is -0.399 e. The van der Waals surface area contributed by atoms with Crippen molar-refractivity contribution in [3.05, 3.63) is 36.1 Å². The van der Waals surface area contributed by atoms with Crippen LogP contribution in [0.1, 0.15) is 13.8 Å². The van der Waals surface area contributed by atoms with Gasteiger partial charge in [0.15, 0.2) is 0 Å². The lowest BCUT2D eigenvalue weighted by Crippen LogP contribution is -1.91. The largest absolute Gasteiger partial charge is 0.399 e. The lowest BCUT2D eigenvalue weighted by molar-refractivity contribution is 1.36. The van der Waals surface area contributed by atoms with Crippen LogP contribution in [0.3, 0.4) is 0 Å². The molecule has 0 atom stereocenters. The first-order valence-corrected chi connectivity index (χ1v) is 2.93. The molecule has 9 heavy (non-hydrogen) atoms. The van der Waals surface area contributed by atoms with Crippen LogP contribution in [0.5, 0.6) is 0 Å². The van der Waals surface area contributed by atoms with Crippen LogP contribution in [-0.2, 0) is 0 Å². The maximum absolute atomic E-state index is 5.49. The first kappa shape index (κ1) is 8.02. The predicted octanol–water partition coefficient (Wildman–Crippen LogP) is 1.98. The summed E-state index contributed by atoms with van der Waals surface area (Å²) in [7, 11) is 0. The lowest BCUT2D eigenvalue weighted by Gasteiger charge is -1.90. The standard InChI is InChI=1S/C8H13N/c1-4-7(3)6-8(9)5-2/h4-6H,1,9H2,2-3H3/b7-6-,8-5+. The van der Waals surface area contributed by atoms with Gasteiger partial charge >= 0.3 is 0 Å². The molecule has 0 saturated carbocycles. The summed E-state index contributed by atoms with van der Waals surface area (Å²) >= 11 is 0. The highest BCUT2D eigenvalue weighted by Crippen LogP contribution is 1.96. The van der Waals surface area contributed by atoms with E-state index < -0.39 is 0 Å². The van der Waals surface area contributed by atoms with Gasteiger partial charge in [-0.2, -0.15) is 0 Å². The van der Waals surface area contributed by atoms with Crippen molar-refractivity contribution in [1.29, 1.82) is 0 Å². The third-order valence-electron chi connectivity index (χ3n) is 1.05. The summed E-state index contributed by atoms with van der Waals surface area (Å²) in [4.78, 5) is 0. The minimum atomic E-state index is 0.785. The van der Waals surface area contributed by atoms with Crippen molar-refractivity contribution in [2.75, 3.05) is 0 Å². The molecule has 0 rings (SSSR count). The molecule has 0 aromatic rings. The molecule has 0 bridgehead atoms. The Morgan fingerprint density at radius 3 is 2.44 bits per heavy atom. The average Bonchev–Trinajstić information content (AvgIpc) is 1.87. The highest BCUT2D eigenvalue weighted by atomic mass is 14.5. The van der Waals surface area contributed by atoms with Crippen molar-refractivity contribution in [1.82, 2.24) is 0 Å². The van der Waals surface area contributed by atoms with Crippen molar-refractivity contribution < 1.29 is 0 Å². The number of allylic oxidation sites excluding steroid dienone is 4. The normalized spacial score (nSPS) is 13.6. The number of nitrogens with two attached hydrogens (primary N) is 1. The molecule has 1 nitrogen and oxygen atoms in total. The van der Waals surface area contributed by atoms with E-state index in [4.69, 9.17) is 5.73 Å². The van der Waals surface area contributed by atoms with Crippen LogP contribution in [0.2, 0.25) is 0 Å². The van der Waals surface area contributed by atoms with Crippen molar-refractivity contribution in [2.24, 2.45) is 5.73 Å². The second-order valence-electron chi connectivity index (χ2n) is 1.88. The Morgan fingerprint density at radius 1 is 1.56 bits per heavy atom. The van der Waals surface area contributed by atoms with Crippen molar-refractivity contribution in [2.45, 2.75) is 13.8 Å². The summed E-state index contributed by atoms with van der Waals surface area (Å²) in [5.74, 6) is 0. The third-order valence-corrected chi connectivity index (χ3v) is 1.05. The number of hydrogen-bond donors (Lipinski definition) is 1. The topological polar surface area (TPSA) is 26.0 Å². The fraction of sp³-hybridized carbons (Fsp3) is 0.250. The molecule has 2 N–H and O–H groups in total. The quantitative estimate of drug-likeness (QED) is 0.558. The molecule has 0 aromatic carbocycles. The van der Waals surface area contributed by atoms with E-state index >= 15 is 0 Å². The monoisotopic (exact) mass is 123 g/mol. The zero-order valence-corrected chi connectivity index (χ0v) is 6.02. The van der Waals surface area contributed by atoms with Gasteiger partial charge in [-0.05, 0) is 25.5 Å². The Morgan fingerprint density at radius 2 is 2.11 bits per heavy atom. The van der Waals surface area contributed by atoms with Gasteiger partial charge in [-0.15, -0.1) is 0 Å². The van der Waals surface area contributed by atoms with E-state index in [-0.39, 0.29) is 0 Å². The second kappa shape index (κ2) is 3.96. The average molecular weight is 123 g/mol. The summed E-state index contributed by atoms with van der Waals surface area (Å²) < 4.78 is 0. The molecular weight excluding hydrogens is 110 g/mol. The molecule has 0 amide bonds. The molecule has 0 fully saturated rings. The lowest BCUT2D eigenvalue weighted by atomic mass is 10.2. The molecule has 0 saturated heterocycles. The summed E-state index contributed by atoms with van der Waals surface area (Å²) in [6.07, 6.45) is 5.51. The van der Waals surface area contributed by atoms with E-state index in [1.54, 1.807) is 6.08 Å². The van der Waals surface area contributed by atoms with E-state index in [1.807, 2.05) is 26.0 Å². The molecule has 0 aliphatic carbocycles. The van der Waals surface area contributed by atoms with Crippen LogP contribution in [0.4, 0.5) is 0 Å². The molecule has 0 aromatic heterocycles. The van der Waals surface area contributed by atoms with Crippen LogP contribution in [-0.4, -0.2) is 0 Å². The zero-order chi connectivity index (χ0) is 7.28. The maximum atomic E-state index is 5.49. The molecule has 50 valence electrons. The maximum Gasteiger partial charge on any atom is 0.0273 e. The minimum absolute atomic E-state index is 0.785. The number of rotatable bonds is 2. The van der Waals surface area contributed by atoms with Crippen LogP contribution in [0.25, 0.3) is 0 Å². The molecular formula is C8H13N. The summed E-state index contributed by atoms with van der Waals surface area (Å²) in [6, 6.07) is 0. The van der Waals surface area contributed by atoms with Crippen molar-refractivity contribution in [3.63, 3.8) is 0 Å². The highest BCUT2D eigenvalue weighted by molar-refractivity contribution is 5.24. The van der Waals surface area contributed by atoms with Crippen LogP contribution in [0.15, 0.2) is 36.1 Å². The van der Waals surface area contributed by atoms with E-state index in [9.17, 15) is 0 Å². The van der Waals surface area contributed by atoms with E-state index in [2.05, 4.69) is 6.58 Å². The first-order valence-electron chi connectivity index (χ1n) is 2.93. The predicted molar refractivity (Wildman–Crippen MR) is 41.9 cm³/mol. The van der Waals surface area contributed by atoms with E-state index in [0.717, 1.165) is 11.3 Å². The molecule has 0 aliphatic heterocycles. The van der Waals surface area contributed by atoms with E-state index in [0.29, 0.717) is 0 Å². The van der Waals surface area contributed by atoms with Crippen LogP contribution < -0.4 is 5.73 Å². The van der Waals surface area contributed by atoms with Crippen molar-refractivity contribution in [3.8, 4) is 0 Å². The van der Waals surface area contributed by atoms with Crippen molar-refractivity contribution >= 4 is 0 Å². The fourth-order valence-electron chi connectivity index (χ4n) is 0.405. The smallest absolute Gasteiger partial charge is 0.0273 e. The fourth-order valence-corrected chi connectivity index (χ4v) is 0.405. The third kappa shape index (κ3) is 3.59. The highest BCUT2D eigenvalue weighted by Gasteiger charge is 1.80. The Labute approximate surface area is 56.6 Å². The molecule has 0 unspecified atom stereocenters. The summed E-state index contributed by atoms with van der Waals surface area (Å²) in [5.41, 5.74) is 7.36. The zero-order valence-electron chi connectivity index (χ0n) is 6.02. The Bertz CT molecular complexity index is 152. The van der Waals surface area contributed by atoms with Gasteiger partial charge in [0.25, 0.3) is 0 Å². The molecule has 0 aliphatic rings. The Kier molecular flexibility index (Phi) is 3.52. The summed E-state index contributed by atoms with van der Waals surface area (Å²) in [6.45, 7) is 7.46. The van der Waals surface area contributed by atoms with Crippen LogP contribution in [0, 0.1) is 0 Å².